The van der Waals surface area contributed by atoms with E-state index in [0.717, 1.165) is 53.3 Å². The first-order valence-corrected chi connectivity index (χ1v) is 13.8. The number of nitrogens with zero attached hydrogens (tertiary/aromatic N) is 8. The molecule has 1 amide bonds. The first-order valence-electron chi connectivity index (χ1n) is 13.1. The second kappa shape index (κ2) is 10.9. The quantitative estimate of drug-likeness (QED) is 0.343. The van der Waals surface area contributed by atoms with Gasteiger partial charge in [-0.05, 0) is 49.2 Å². The summed E-state index contributed by atoms with van der Waals surface area (Å²) < 4.78 is 3.36. The molecular weight excluding hydrogens is 549 g/mol. The Morgan fingerprint density at radius 1 is 1.12 bits per heavy atom. The molecule has 4 aromatic rings. The topological polar surface area (TPSA) is 106 Å². The van der Waals surface area contributed by atoms with Crippen LogP contribution in [0.3, 0.4) is 0 Å². The highest BCUT2D eigenvalue weighted by molar-refractivity contribution is 6.31. The van der Waals surface area contributed by atoms with Gasteiger partial charge in [0.15, 0.2) is 5.15 Å². The molecule has 204 valence electrons. The van der Waals surface area contributed by atoms with Gasteiger partial charge in [-0.3, -0.25) is 9.48 Å². The molecule has 2 aliphatic rings. The molecule has 0 spiro atoms. The third-order valence-electron chi connectivity index (χ3n) is 7.30. The molecule has 1 aromatic carbocycles. The Balaban J connectivity index is 1.33. The molecule has 0 aliphatic carbocycles. The van der Waals surface area contributed by atoms with Crippen LogP contribution in [0, 0.1) is 5.92 Å². The third kappa shape index (κ3) is 5.12. The first kappa shape index (κ1) is 26.2. The molecule has 6 rings (SSSR count). The number of aryl methyl sites for hydroxylation is 1. The number of halogens is 2. The number of amides is 1. The van der Waals surface area contributed by atoms with Crippen LogP contribution < -0.4 is 5.32 Å². The van der Waals surface area contributed by atoms with Crippen molar-refractivity contribution in [1.82, 2.24) is 34.7 Å². The van der Waals surface area contributed by atoms with Crippen LogP contribution in [-0.2, 0) is 11.8 Å². The summed E-state index contributed by atoms with van der Waals surface area (Å²) >= 11 is 12.4. The van der Waals surface area contributed by atoms with Crippen LogP contribution in [0.5, 0.6) is 0 Å². The lowest BCUT2D eigenvalue weighted by atomic mass is 9.97. The van der Waals surface area contributed by atoms with E-state index in [1.807, 2.05) is 44.6 Å². The van der Waals surface area contributed by atoms with Crippen LogP contribution in [0.15, 0.2) is 59.9 Å². The molecule has 1 N–H and O–H groups in total. The van der Waals surface area contributed by atoms with Crippen molar-refractivity contribution >= 4 is 46.8 Å². The summed E-state index contributed by atoms with van der Waals surface area (Å²) in [5.41, 5.74) is 5.52. The van der Waals surface area contributed by atoms with Crippen molar-refractivity contribution in [3.05, 3.63) is 76.3 Å². The number of benzene rings is 1. The van der Waals surface area contributed by atoms with E-state index in [2.05, 4.69) is 37.8 Å². The Kier molecular flexibility index (Phi) is 7.12. The van der Waals surface area contributed by atoms with Crippen molar-refractivity contribution in [2.45, 2.75) is 32.2 Å². The van der Waals surface area contributed by atoms with Crippen LogP contribution in [0.25, 0.3) is 22.8 Å². The van der Waals surface area contributed by atoms with Gasteiger partial charge in [0, 0.05) is 30.1 Å². The molecule has 5 heterocycles. The van der Waals surface area contributed by atoms with E-state index in [1.54, 1.807) is 27.8 Å². The number of nitrogens with one attached hydrogen (secondary N) is 1. The van der Waals surface area contributed by atoms with Gasteiger partial charge in [0.05, 0.1) is 53.2 Å². The highest BCUT2D eigenvalue weighted by Crippen LogP contribution is 2.34. The van der Waals surface area contributed by atoms with Crippen molar-refractivity contribution in [3.8, 4) is 17.1 Å². The molecule has 12 heteroatoms. The normalized spacial score (nSPS) is 19.4. The van der Waals surface area contributed by atoms with Crippen LogP contribution in [-0.4, -0.2) is 53.4 Å². The maximum atomic E-state index is 12.9. The Labute approximate surface area is 241 Å². The summed E-state index contributed by atoms with van der Waals surface area (Å²) in [4.78, 5) is 25.0. The summed E-state index contributed by atoms with van der Waals surface area (Å²) in [6.07, 6.45) is 9.70. The predicted octanol–water partition coefficient (Wildman–Crippen LogP) is 5.55. The van der Waals surface area contributed by atoms with E-state index in [9.17, 15) is 4.79 Å². The van der Waals surface area contributed by atoms with E-state index >= 15 is 0 Å². The van der Waals surface area contributed by atoms with Gasteiger partial charge in [-0.25, -0.2) is 14.7 Å². The number of hydrogen-bond donors (Lipinski definition) is 1. The summed E-state index contributed by atoms with van der Waals surface area (Å²) in [7, 11) is 1.85. The number of carbonyl (C=O) groups is 1. The van der Waals surface area contributed by atoms with Gasteiger partial charge in [0.25, 0.3) is 0 Å². The number of aliphatic imine (C=N–C) groups is 1. The number of aromatic nitrogens is 6. The minimum Gasteiger partial charge on any atom is -0.350 e. The molecule has 0 saturated heterocycles. The second-order valence-electron chi connectivity index (χ2n) is 9.99. The van der Waals surface area contributed by atoms with Gasteiger partial charge in [-0.1, -0.05) is 47.8 Å². The second-order valence-corrected chi connectivity index (χ2v) is 10.8. The smallest absolute Gasteiger partial charge is 0.227 e. The minimum atomic E-state index is -0.132. The van der Waals surface area contributed by atoms with Gasteiger partial charge >= 0.3 is 0 Å². The Morgan fingerprint density at radius 3 is 2.77 bits per heavy atom. The van der Waals surface area contributed by atoms with Crippen molar-refractivity contribution in [3.63, 3.8) is 0 Å². The number of rotatable bonds is 3. The summed E-state index contributed by atoms with van der Waals surface area (Å²) in [6, 6.07) is 11.5. The summed E-state index contributed by atoms with van der Waals surface area (Å²) in [5.74, 6) is -0.145. The van der Waals surface area contributed by atoms with E-state index in [0.29, 0.717) is 22.4 Å². The zero-order valence-electron chi connectivity index (χ0n) is 22.0. The number of fused-ring (bicyclic) bond motifs is 4. The number of hydrogen-bond acceptors (Lipinski definition) is 7. The standard InChI is InChI=1S/C28H27Cl2N9O/c1-17-5-3-8-25(21-6-4-7-22(33-21)27-23(34-28(17)40)14-32-37(27)2)38-12-11-20(31-16-38)19-13-18(29)9-10-24(19)39-15-26(30)35-36-39/h4,6-7,9-11,13-17,25H,3,5,8,12H2,1-2H3,(H,34,40)/t17-,25-/m1/s1. The van der Waals surface area contributed by atoms with Crippen molar-refractivity contribution in [1.29, 1.82) is 0 Å². The Bertz CT molecular complexity index is 1640. The molecule has 0 radical (unpaired) electrons. The minimum absolute atomic E-state index is 0.0133. The maximum Gasteiger partial charge on any atom is 0.227 e. The maximum absolute atomic E-state index is 12.9. The molecule has 2 aliphatic heterocycles. The average molecular weight is 576 g/mol. The fourth-order valence-corrected chi connectivity index (χ4v) is 5.48. The molecule has 0 fully saturated rings. The summed E-state index contributed by atoms with van der Waals surface area (Å²) in [6.45, 7) is 2.58. The van der Waals surface area contributed by atoms with E-state index in [1.165, 1.54) is 0 Å². The van der Waals surface area contributed by atoms with Crippen molar-refractivity contribution in [2.75, 3.05) is 11.9 Å². The Morgan fingerprint density at radius 2 is 2.00 bits per heavy atom. The average Bonchev–Trinajstić information content (AvgIpc) is 3.55. The fraction of sp³-hybridized carbons (Fsp3) is 0.286. The largest absolute Gasteiger partial charge is 0.350 e. The molecule has 0 unspecified atom stereocenters. The summed E-state index contributed by atoms with van der Waals surface area (Å²) in [5, 5.41) is 16.3. The third-order valence-corrected chi connectivity index (χ3v) is 7.71. The van der Waals surface area contributed by atoms with Crippen LogP contribution in [0.1, 0.15) is 43.5 Å². The van der Waals surface area contributed by atoms with Gasteiger partial charge in [-0.15, -0.1) is 5.10 Å². The lowest BCUT2D eigenvalue weighted by Crippen LogP contribution is -2.31. The Hall–Kier alpha value is -4.02. The highest BCUT2D eigenvalue weighted by Gasteiger charge is 2.26. The van der Waals surface area contributed by atoms with Gasteiger partial charge < -0.3 is 10.2 Å². The number of carbonyl (C=O) groups excluding carboxylic acids is 1. The lowest BCUT2D eigenvalue weighted by molar-refractivity contribution is -0.119. The molecule has 10 nitrogen and oxygen atoms in total. The van der Waals surface area contributed by atoms with E-state index in [4.69, 9.17) is 33.2 Å². The van der Waals surface area contributed by atoms with Gasteiger partial charge in [-0.2, -0.15) is 5.10 Å². The highest BCUT2D eigenvalue weighted by atomic mass is 35.5. The zero-order chi connectivity index (χ0) is 27.8. The van der Waals surface area contributed by atoms with Crippen LogP contribution in [0.4, 0.5) is 5.69 Å². The molecule has 3 aromatic heterocycles. The lowest BCUT2D eigenvalue weighted by Gasteiger charge is -2.32. The molecular formula is C28H27Cl2N9O. The van der Waals surface area contributed by atoms with Crippen molar-refractivity contribution < 1.29 is 4.79 Å². The molecule has 40 heavy (non-hydrogen) atoms. The van der Waals surface area contributed by atoms with Gasteiger partial charge in [0.2, 0.25) is 5.91 Å². The predicted molar refractivity (Wildman–Crippen MR) is 155 cm³/mol. The SMILES string of the molecule is C[C@@H]1CCC[C@@H](N2C=NC(c3cc(Cl)ccc3-n3cc(Cl)nn3)=CC2)c2cccc(n2)-c2c(cnn2C)NC1=O. The van der Waals surface area contributed by atoms with E-state index < -0.39 is 0 Å². The first-order chi connectivity index (χ1) is 19.4. The molecule has 0 saturated carbocycles. The van der Waals surface area contributed by atoms with Crippen LogP contribution in [0.2, 0.25) is 10.2 Å². The number of anilines is 1. The van der Waals surface area contributed by atoms with Crippen molar-refractivity contribution in [2.24, 2.45) is 18.0 Å². The van der Waals surface area contributed by atoms with Crippen LogP contribution >= 0.6 is 23.2 Å². The fourth-order valence-electron chi connectivity index (χ4n) is 5.18. The van der Waals surface area contributed by atoms with Gasteiger partial charge in [0.1, 0.15) is 5.69 Å². The molecule has 2 bridgehead atoms. The number of pyridine rings is 1. The monoisotopic (exact) mass is 575 g/mol. The zero-order valence-corrected chi connectivity index (χ0v) is 23.5. The van der Waals surface area contributed by atoms with E-state index in [-0.39, 0.29) is 17.9 Å². The molecule has 2 atom stereocenters.